The normalized spacial score (nSPS) is 16.8. The summed E-state index contributed by atoms with van der Waals surface area (Å²) >= 11 is 1.77. The topological polar surface area (TPSA) is 40.1 Å². The van der Waals surface area contributed by atoms with Crippen LogP contribution in [0.4, 0.5) is 4.39 Å². The molecule has 0 bridgehead atoms. The Morgan fingerprint density at radius 3 is 2.82 bits per heavy atom. The van der Waals surface area contributed by atoms with E-state index in [1.54, 1.807) is 23.5 Å². The highest BCUT2D eigenvalue weighted by molar-refractivity contribution is 7.10. The number of rotatable bonds is 7. The van der Waals surface area contributed by atoms with Crippen molar-refractivity contribution >= 4 is 17.3 Å². The molecule has 1 saturated heterocycles. The van der Waals surface area contributed by atoms with Gasteiger partial charge in [0.15, 0.2) is 5.96 Å². The highest BCUT2D eigenvalue weighted by atomic mass is 32.1. The molecule has 5 nitrogen and oxygen atoms in total. The molecule has 1 aliphatic rings. The van der Waals surface area contributed by atoms with Crippen LogP contribution in [0.1, 0.15) is 23.4 Å². The molecule has 152 valence electrons. The Bertz CT molecular complexity index is 747. The van der Waals surface area contributed by atoms with E-state index in [9.17, 15) is 4.39 Å². The van der Waals surface area contributed by atoms with E-state index < -0.39 is 0 Å². The summed E-state index contributed by atoms with van der Waals surface area (Å²) in [6.07, 6.45) is 0. The summed E-state index contributed by atoms with van der Waals surface area (Å²) in [7, 11) is 1.99. The lowest BCUT2D eigenvalue weighted by atomic mass is 10.2. The standard InChI is InChI=1S/C21H29FN4OS/c1-3-23-21(25(2)16-17-6-4-7-18(22)14-17)24-15-19(20-8-5-13-28-20)26-9-11-27-12-10-26/h4-8,13-14,19H,3,9-12,15-16H2,1-2H3,(H,23,24). The Labute approximate surface area is 170 Å². The Morgan fingerprint density at radius 1 is 1.32 bits per heavy atom. The number of guanidine groups is 1. The minimum atomic E-state index is -0.210. The van der Waals surface area contributed by atoms with Crippen LogP contribution >= 0.6 is 11.3 Å². The number of thiophene rings is 1. The summed E-state index contributed by atoms with van der Waals surface area (Å²) in [5.74, 6) is 0.625. The van der Waals surface area contributed by atoms with Gasteiger partial charge < -0.3 is 15.0 Å². The van der Waals surface area contributed by atoms with Crippen molar-refractivity contribution in [1.29, 1.82) is 0 Å². The van der Waals surface area contributed by atoms with Crippen molar-refractivity contribution in [2.45, 2.75) is 19.5 Å². The molecule has 0 aliphatic carbocycles. The summed E-state index contributed by atoms with van der Waals surface area (Å²) < 4.78 is 19.0. The minimum Gasteiger partial charge on any atom is -0.379 e. The lowest BCUT2D eigenvalue weighted by molar-refractivity contribution is 0.0186. The third kappa shape index (κ3) is 5.77. The first kappa shape index (κ1) is 20.8. The third-order valence-electron chi connectivity index (χ3n) is 4.78. The van der Waals surface area contributed by atoms with Crippen LogP contribution < -0.4 is 5.32 Å². The Kier molecular flexibility index (Phi) is 7.82. The monoisotopic (exact) mass is 404 g/mol. The van der Waals surface area contributed by atoms with E-state index in [-0.39, 0.29) is 11.9 Å². The first-order valence-electron chi connectivity index (χ1n) is 9.76. The van der Waals surface area contributed by atoms with Gasteiger partial charge in [-0.25, -0.2) is 4.39 Å². The molecule has 1 aromatic carbocycles. The van der Waals surface area contributed by atoms with Crippen LogP contribution in [0.25, 0.3) is 0 Å². The van der Waals surface area contributed by atoms with Crippen LogP contribution in [0.3, 0.4) is 0 Å². The van der Waals surface area contributed by atoms with Crippen LogP contribution in [-0.2, 0) is 11.3 Å². The molecule has 1 N–H and O–H groups in total. The van der Waals surface area contributed by atoms with Crippen molar-refractivity contribution in [3.8, 4) is 0 Å². The quantitative estimate of drug-likeness (QED) is 0.568. The van der Waals surface area contributed by atoms with Gasteiger partial charge in [0.25, 0.3) is 0 Å². The molecule has 28 heavy (non-hydrogen) atoms. The molecule has 0 spiro atoms. The van der Waals surface area contributed by atoms with Gasteiger partial charge in [-0.3, -0.25) is 9.89 Å². The molecule has 1 fully saturated rings. The van der Waals surface area contributed by atoms with E-state index in [0.717, 1.165) is 44.4 Å². The lowest BCUT2D eigenvalue weighted by Gasteiger charge is -2.33. The largest absolute Gasteiger partial charge is 0.379 e. The number of morpholine rings is 1. The minimum absolute atomic E-state index is 0.210. The molecule has 2 heterocycles. The molecule has 0 saturated carbocycles. The summed E-state index contributed by atoms with van der Waals surface area (Å²) in [5, 5.41) is 5.48. The summed E-state index contributed by atoms with van der Waals surface area (Å²) in [5.41, 5.74) is 0.927. The van der Waals surface area contributed by atoms with Gasteiger partial charge in [0.1, 0.15) is 5.82 Å². The summed E-state index contributed by atoms with van der Waals surface area (Å²) in [6, 6.07) is 11.3. The van der Waals surface area contributed by atoms with E-state index >= 15 is 0 Å². The van der Waals surface area contributed by atoms with Crippen molar-refractivity contribution < 1.29 is 9.13 Å². The average molecular weight is 405 g/mol. The van der Waals surface area contributed by atoms with Gasteiger partial charge in [-0.2, -0.15) is 0 Å². The van der Waals surface area contributed by atoms with Gasteiger partial charge in [0.05, 0.1) is 25.8 Å². The SMILES string of the molecule is CCNC(=NCC(c1cccs1)N1CCOCC1)N(C)Cc1cccc(F)c1. The number of aliphatic imine (C=N–C) groups is 1. The maximum atomic E-state index is 13.5. The zero-order chi connectivity index (χ0) is 19.8. The molecular weight excluding hydrogens is 375 g/mol. The van der Waals surface area contributed by atoms with E-state index in [4.69, 9.17) is 9.73 Å². The van der Waals surface area contributed by atoms with Crippen LogP contribution in [0.15, 0.2) is 46.8 Å². The smallest absolute Gasteiger partial charge is 0.194 e. The van der Waals surface area contributed by atoms with Crippen molar-refractivity contribution in [2.75, 3.05) is 46.4 Å². The number of ether oxygens (including phenoxy) is 1. The highest BCUT2D eigenvalue weighted by Gasteiger charge is 2.23. The molecule has 7 heteroatoms. The fraction of sp³-hybridized carbons (Fsp3) is 0.476. The third-order valence-corrected chi connectivity index (χ3v) is 5.75. The zero-order valence-electron chi connectivity index (χ0n) is 16.6. The molecule has 1 unspecified atom stereocenters. The van der Waals surface area contributed by atoms with Crippen LogP contribution in [-0.4, -0.2) is 62.2 Å². The molecule has 0 amide bonds. The second kappa shape index (κ2) is 10.5. The Hall–Kier alpha value is -1.96. The molecular formula is C21H29FN4OS. The maximum Gasteiger partial charge on any atom is 0.194 e. The van der Waals surface area contributed by atoms with Crippen molar-refractivity contribution in [1.82, 2.24) is 15.1 Å². The Morgan fingerprint density at radius 2 is 2.14 bits per heavy atom. The van der Waals surface area contributed by atoms with E-state index in [0.29, 0.717) is 13.1 Å². The van der Waals surface area contributed by atoms with Gasteiger partial charge in [-0.05, 0) is 36.1 Å². The van der Waals surface area contributed by atoms with Gasteiger partial charge in [0.2, 0.25) is 0 Å². The predicted molar refractivity (Wildman–Crippen MR) is 113 cm³/mol. The van der Waals surface area contributed by atoms with Gasteiger partial charge in [0, 0.05) is 38.1 Å². The Balaban J connectivity index is 1.73. The molecule has 0 radical (unpaired) electrons. The molecule has 1 atom stereocenters. The number of hydrogen-bond acceptors (Lipinski definition) is 4. The van der Waals surface area contributed by atoms with E-state index in [1.165, 1.54) is 10.9 Å². The number of nitrogens with zero attached hydrogens (tertiary/aromatic N) is 3. The fourth-order valence-electron chi connectivity index (χ4n) is 3.38. The molecule has 1 aromatic heterocycles. The highest BCUT2D eigenvalue weighted by Crippen LogP contribution is 2.26. The number of hydrogen-bond donors (Lipinski definition) is 1. The van der Waals surface area contributed by atoms with Gasteiger partial charge in [-0.15, -0.1) is 11.3 Å². The molecule has 3 rings (SSSR count). The van der Waals surface area contributed by atoms with Gasteiger partial charge in [-0.1, -0.05) is 18.2 Å². The predicted octanol–water partition coefficient (Wildman–Crippen LogP) is 3.36. The first-order chi connectivity index (χ1) is 13.7. The van der Waals surface area contributed by atoms with Crippen molar-refractivity contribution in [3.05, 3.63) is 58.0 Å². The molecule has 2 aromatic rings. The van der Waals surface area contributed by atoms with Crippen LogP contribution in [0.2, 0.25) is 0 Å². The second-order valence-corrected chi connectivity index (χ2v) is 7.84. The zero-order valence-corrected chi connectivity index (χ0v) is 17.4. The first-order valence-corrected chi connectivity index (χ1v) is 10.6. The number of halogens is 1. The van der Waals surface area contributed by atoms with Crippen LogP contribution in [0.5, 0.6) is 0 Å². The maximum absolute atomic E-state index is 13.5. The molecule has 1 aliphatic heterocycles. The summed E-state index contributed by atoms with van der Waals surface area (Å²) in [4.78, 5) is 10.8. The van der Waals surface area contributed by atoms with Crippen LogP contribution in [0, 0.1) is 5.82 Å². The van der Waals surface area contributed by atoms with Crippen molar-refractivity contribution in [3.63, 3.8) is 0 Å². The van der Waals surface area contributed by atoms with E-state index in [2.05, 4.69) is 34.7 Å². The number of benzene rings is 1. The van der Waals surface area contributed by atoms with Gasteiger partial charge >= 0.3 is 0 Å². The average Bonchev–Trinajstić information content (AvgIpc) is 3.22. The van der Waals surface area contributed by atoms with E-state index in [1.807, 2.05) is 18.0 Å². The lowest BCUT2D eigenvalue weighted by Crippen LogP contribution is -2.42. The second-order valence-electron chi connectivity index (χ2n) is 6.86. The summed E-state index contributed by atoms with van der Waals surface area (Å²) in [6.45, 7) is 7.51. The van der Waals surface area contributed by atoms with Crippen molar-refractivity contribution in [2.24, 2.45) is 4.99 Å². The number of nitrogens with one attached hydrogen (secondary N) is 1. The fourth-order valence-corrected chi connectivity index (χ4v) is 4.23.